The molecule has 11 rings (SSSR count). The maximum Gasteiger partial charge on any atom is 0.159 e. The third-order valence-corrected chi connectivity index (χ3v) is 11.3. The number of rotatable bonds is 7. The summed E-state index contributed by atoms with van der Waals surface area (Å²) in [4.78, 5) is 22.2. The largest absolute Gasteiger partial charge is 0.359 e. The second-order valence-corrected chi connectivity index (χ2v) is 14.8. The number of hydrogen-bond donors (Lipinski definition) is 2. The average molecular weight is 760 g/mol. The van der Waals surface area contributed by atoms with Crippen molar-refractivity contribution < 1.29 is 0 Å². The van der Waals surface area contributed by atoms with Crippen LogP contribution in [0.1, 0.15) is 34.6 Å². The molecule has 0 fully saturated rings. The predicted molar refractivity (Wildman–Crippen MR) is 241 cm³/mol. The van der Waals surface area contributed by atoms with Crippen LogP contribution in [0.4, 0.5) is 17.2 Å². The summed E-state index contributed by atoms with van der Waals surface area (Å²) in [6, 6.07) is 65.4. The summed E-state index contributed by atoms with van der Waals surface area (Å²) >= 11 is 0. The fourth-order valence-corrected chi connectivity index (χ4v) is 8.34. The molecular formula is C52H37N7. The van der Waals surface area contributed by atoms with Gasteiger partial charge in [0.2, 0.25) is 0 Å². The molecule has 0 bridgehead atoms. The van der Waals surface area contributed by atoms with E-state index in [1.165, 1.54) is 5.56 Å². The normalized spacial score (nSPS) is 15.9. The van der Waals surface area contributed by atoms with E-state index in [9.17, 15) is 0 Å². The fraction of sp³-hybridized carbons (Fsp3) is 0.0385. The summed E-state index contributed by atoms with van der Waals surface area (Å²) in [7, 11) is 0. The van der Waals surface area contributed by atoms with Gasteiger partial charge >= 0.3 is 0 Å². The second kappa shape index (κ2) is 14.6. The van der Waals surface area contributed by atoms with Crippen molar-refractivity contribution in [2.75, 3.05) is 10.2 Å². The highest BCUT2D eigenvalue weighted by atomic mass is 15.4. The Hall–Kier alpha value is -7.90. The van der Waals surface area contributed by atoms with Crippen LogP contribution in [0.2, 0.25) is 0 Å². The average Bonchev–Trinajstić information content (AvgIpc) is 3.74. The molecule has 0 radical (unpaired) electrons. The first-order valence-electron chi connectivity index (χ1n) is 19.9. The molecule has 0 spiro atoms. The molecule has 2 atom stereocenters. The summed E-state index contributed by atoms with van der Waals surface area (Å²) in [5, 5.41) is 10.9. The smallest absolute Gasteiger partial charge is 0.159 e. The van der Waals surface area contributed by atoms with Gasteiger partial charge in [0.1, 0.15) is 24.0 Å². The lowest BCUT2D eigenvalue weighted by molar-refractivity contribution is 0.674. The van der Waals surface area contributed by atoms with Crippen molar-refractivity contribution in [2.24, 2.45) is 9.98 Å². The molecule has 0 aliphatic carbocycles. The molecule has 0 amide bonds. The molecule has 0 saturated heterocycles. The lowest BCUT2D eigenvalue weighted by Gasteiger charge is -2.27. The van der Waals surface area contributed by atoms with Gasteiger partial charge in [0, 0.05) is 39.7 Å². The van der Waals surface area contributed by atoms with Crippen LogP contribution in [-0.4, -0.2) is 21.6 Å². The zero-order valence-electron chi connectivity index (χ0n) is 31.9. The fourth-order valence-electron chi connectivity index (χ4n) is 8.34. The van der Waals surface area contributed by atoms with E-state index in [0.29, 0.717) is 5.84 Å². The molecule has 2 unspecified atom stereocenters. The van der Waals surface area contributed by atoms with E-state index in [4.69, 9.17) is 20.0 Å². The first-order valence-corrected chi connectivity index (χ1v) is 19.9. The highest BCUT2D eigenvalue weighted by Gasteiger charge is 2.35. The Morgan fingerprint density at radius 1 is 0.424 bits per heavy atom. The van der Waals surface area contributed by atoms with Gasteiger partial charge in [0.05, 0.1) is 16.9 Å². The van der Waals surface area contributed by atoms with Crippen molar-refractivity contribution in [3.05, 3.63) is 223 Å². The quantitative estimate of drug-likeness (QED) is 0.158. The SMILES string of the molecule is c1ccc(-c2ccc(C3=NC(c4ccccc4)NC(c4ccc(-c5ccc(C6Nc7c(c8cccnc8c8ccccc78)N6c6ccccn6)cc5)cc4)=N3)cc2)cc1. The van der Waals surface area contributed by atoms with E-state index in [2.05, 4.69) is 161 Å². The maximum absolute atomic E-state index is 5.08. The Morgan fingerprint density at radius 2 is 1.00 bits per heavy atom. The summed E-state index contributed by atoms with van der Waals surface area (Å²) in [5.74, 6) is 2.36. The number of anilines is 3. The van der Waals surface area contributed by atoms with Gasteiger partial charge in [-0.2, -0.15) is 0 Å². The number of pyridine rings is 2. The summed E-state index contributed by atoms with van der Waals surface area (Å²) in [5.41, 5.74) is 11.9. The molecular weight excluding hydrogens is 723 g/mol. The molecule has 2 N–H and O–H groups in total. The number of nitrogens with one attached hydrogen (secondary N) is 2. The van der Waals surface area contributed by atoms with Gasteiger partial charge in [-0.25, -0.2) is 15.0 Å². The molecule has 2 aliphatic heterocycles. The van der Waals surface area contributed by atoms with E-state index in [1.54, 1.807) is 0 Å². The molecule has 7 heteroatoms. The Kier molecular flexibility index (Phi) is 8.47. The lowest BCUT2D eigenvalue weighted by atomic mass is 10.0. The van der Waals surface area contributed by atoms with Crippen LogP contribution in [-0.2, 0) is 0 Å². The van der Waals surface area contributed by atoms with Gasteiger partial charge in [-0.05, 0) is 57.6 Å². The van der Waals surface area contributed by atoms with Crippen LogP contribution in [0.3, 0.4) is 0 Å². The van der Waals surface area contributed by atoms with Crippen molar-refractivity contribution in [1.29, 1.82) is 0 Å². The molecule has 2 aliphatic rings. The standard InChI is InChI=1S/C52H37N7/c1-3-12-34(13-4-1)35-20-26-39(27-21-35)50-56-49(38-14-5-2-6-15-38)57-51(58-50)40-28-22-36(23-29-40)37-24-30-41(31-25-37)52-55-47-43-17-8-7-16-42(43)46-44(18-11-33-54-46)48(47)59(52)45-19-9-10-32-53-45/h1-33,49,52,55H,(H,56,57,58). The Labute approximate surface area is 342 Å². The van der Waals surface area contributed by atoms with Crippen LogP contribution in [0.15, 0.2) is 210 Å². The Morgan fingerprint density at radius 3 is 1.71 bits per heavy atom. The zero-order valence-corrected chi connectivity index (χ0v) is 31.9. The summed E-state index contributed by atoms with van der Waals surface area (Å²) < 4.78 is 0. The summed E-state index contributed by atoms with van der Waals surface area (Å²) in [6.07, 6.45) is 3.28. The third-order valence-electron chi connectivity index (χ3n) is 11.3. The van der Waals surface area contributed by atoms with Crippen LogP contribution >= 0.6 is 0 Å². The maximum atomic E-state index is 5.08. The van der Waals surface area contributed by atoms with Gasteiger partial charge in [0.25, 0.3) is 0 Å². The molecule has 2 aromatic heterocycles. The first kappa shape index (κ1) is 34.4. The monoisotopic (exact) mass is 759 g/mol. The van der Waals surface area contributed by atoms with Gasteiger partial charge in [0.15, 0.2) is 5.84 Å². The third kappa shape index (κ3) is 6.26. The number of hydrogen-bond acceptors (Lipinski definition) is 7. The number of aromatic nitrogens is 2. The predicted octanol–water partition coefficient (Wildman–Crippen LogP) is 11.9. The van der Waals surface area contributed by atoms with Crippen molar-refractivity contribution in [1.82, 2.24) is 15.3 Å². The Bertz CT molecular complexity index is 3020. The minimum absolute atomic E-state index is 0.177. The highest BCUT2D eigenvalue weighted by molar-refractivity contribution is 6.21. The molecule has 4 heterocycles. The van der Waals surface area contributed by atoms with Crippen molar-refractivity contribution in [2.45, 2.75) is 12.3 Å². The van der Waals surface area contributed by atoms with Crippen molar-refractivity contribution >= 4 is 50.5 Å². The Balaban J connectivity index is 0.903. The van der Waals surface area contributed by atoms with Crippen LogP contribution in [0.5, 0.6) is 0 Å². The minimum atomic E-state index is -0.270. The van der Waals surface area contributed by atoms with E-state index in [0.717, 1.165) is 83.6 Å². The number of fused-ring (bicyclic) bond motifs is 6. The van der Waals surface area contributed by atoms with E-state index < -0.39 is 0 Å². The number of amidine groups is 2. The number of nitrogens with zero attached hydrogens (tertiary/aromatic N) is 5. The minimum Gasteiger partial charge on any atom is -0.359 e. The highest BCUT2D eigenvalue weighted by Crippen LogP contribution is 2.52. The molecule has 59 heavy (non-hydrogen) atoms. The van der Waals surface area contributed by atoms with E-state index in [1.807, 2.05) is 54.9 Å². The first-order chi connectivity index (χ1) is 29.2. The number of aliphatic imine (C=N–C) groups is 2. The van der Waals surface area contributed by atoms with Gasteiger partial charge < -0.3 is 10.6 Å². The van der Waals surface area contributed by atoms with E-state index >= 15 is 0 Å². The van der Waals surface area contributed by atoms with Crippen LogP contribution < -0.4 is 15.5 Å². The molecule has 7 aromatic carbocycles. The zero-order chi connectivity index (χ0) is 39.1. The van der Waals surface area contributed by atoms with Crippen molar-refractivity contribution in [3.8, 4) is 22.3 Å². The van der Waals surface area contributed by atoms with Gasteiger partial charge in [-0.3, -0.25) is 9.88 Å². The topological polar surface area (TPSA) is 77.8 Å². The molecule has 280 valence electrons. The molecule has 9 aromatic rings. The molecule has 7 nitrogen and oxygen atoms in total. The number of benzene rings is 7. The lowest BCUT2D eigenvalue weighted by Crippen LogP contribution is -2.33. The molecule has 0 saturated carbocycles. The van der Waals surface area contributed by atoms with Gasteiger partial charge in [-0.1, -0.05) is 164 Å². The van der Waals surface area contributed by atoms with Crippen LogP contribution in [0.25, 0.3) is 43.9 Å². The second-order valence-electron chi connectivity index (χ2n) is 14.8. The van der Waals surface area contributed by atoms with Crippen molar-refractivity contribution in [3.63, 3.8) is 0 Å². The van der Waals surface area contributed by atoms with E-state index in [-0.39, 0.29) is 12.3 Å². The van der Waals surface area contributed by atoms with Crippen LogP contribution in [0, 0.1) is 0 Å². The van der Waals surface area contributed by atoms with Gasteiger partial charge in [-0.15, -0.1) is 0 Å². The summed E-state index contributed by atoms with van der Waals surface area (Å²) in [6.45, 7) is 0.